The summed E-state index contributed by atoms with van der Waals surface area (Å²) in [6.07, 6.45) is 2.47. The first-order valence-electron chi connectivity index (χ1n) is 11.9. The van der Waals surface area contributed by atoms with E-state index >= 15 is 0 Å². The number of aromatic nitrogens is 2. The van der Waals surface area contributed by atoms with Crippen molar-refractivity contribution in [2.45, 2.75) is 25.7 Å². The lowest BCUT2D eigenvalue weighted by molar-refractivity contribution is -0.143. The summed E-state index contributed by atoms with van der Waals surface area (Å²) >= 11 is 0. The van der Waals surface area contributed by atoms with Crippen LogP contribution in [0.15, 0.2) is 54.6 Å². The van der Waals surface area contributed by atoms with E-state index in [9.17, 15) is 9.59 Å². The van der Waals surface area contributed by atoms with E-state index in [0.29, 0.717) is 52.2 Å². The van der Waals surface area contributed by atoms with Gasteiger partial charge < -0.3 is 14.5 Å². The number of likely N-dealkylation sites (tertiary alicyclic amines) is 1. The van der Waals surface area contributed by atoms with Crippen LogP contribution in [0.1, 0.15) is 25.1 Å². The number of benzene rings is 2. The van der Waals surface area contributed by atoms with E-state index in [4.69, 9.17) is 9.72 Å². The molecule has 0 unspecified atom stereocenters. The third kappa shape index (κ3) is 4.64. The third-order valence-electron chi connectivity index (χ3n) is 6.73. The summed E-state index contributed by atoms with van der Waals surface area (Å²) in [6.45, 7) is 3.90. The number of aryl methyl sites for hydroxylation is 1. The zero-order chi connectivity index (χ0) is 22.6. The largest absolute Gasteiger partial charge is 0.378 e. The van der Waals surface area contributed by atoms with Crippen molar-refractivity contribution in [2.24, 2.45) is 5.92 Å². The highest BCUT2D eigenvalue weighted by Gasteiger charge is 2.30. The molecule has 2 amide bonds. The zero-order valence-corrected chi connectivity index (χ0v) is 18.9. The second-order valence-electron chi connectivity index (χ2n) is 8.78. The number of fused-ring (bicyclic) bond motifs is 1. The molecule has 3 aromatic rings. The minimum absolute atomic E-state index is 0.0226. The molecule has 0 bridgehead atoms. The van der Waals surface area contributed by atoms with E-state index in [1.54, 1.807) is 0 Å². The van der Waals surface area contributed by atoms with Crippen molar-refractivity contribution >= 4 is 22.8 Å². The predicted molar refractivity (Wildman–Crippen MR) is 126 cm³/mol. The van der Waals surface area contributed by atoms with Crippen molar-refractivity contribution in [3.05, 3.63) is 60.4 Å². The number of imidazole rings is 1. The summed E-state index contributed by atoms with van der Waals surface area (Å²) < 4.78 is 7.50. The van der Waals surface area contributed by atoms with Crippen LogP contribution in [0.3, 0.4) is 0 Å². The molecule has 0 N–H and O–H groups in total. The lowest BCUT2D eigenvalue weighted by Gasteiger charge is -2.35. The van der Waals surface area contributed by atoms with Crippen LogP contribution in [0, 0.1) is 5.92 Å². The maximum Gasteiger partial charge on any atom is 0.225 e. The number of para-hydroxylation sites is 3. The summed E-state index contributed by atoms with van der Waals surface area (Å²) in [5.74, 6) is 1.28. The first kappa shape index (κ1) is 21.6. The Kier molecular flexibility index (Phi) is 6.39. The fourth-order valence-electron chi connectivity index (χ4n) is 4.90. The highest BCUT2D eigenvalue weighted by molar-refractivity contribution is 5.81. The third-order valence-corrected chi connectivity index (χ3v) is 6.73. The molecular weight excluding hydrogens is 416 g/mol. The number of hydrogen-bond acceptors (Lipinski definition) is 4. The molecule has 2 aliphatic rings. The maximum atomic E-state index is 13.0. The highest BCUT2D eigenvalue weighted by Crippen LogP contribution is 2.24. The number of carbonyl (C=O) groups is 2. The van der Waals surface area contributed by atoms with Crippen molar-refractivity contribution in [3.8, 4) is 5.69 Å². The van der Waals surface area contributed by atoms with E-state index < -0.39 is 0 Å². The lowest BCUT2D eigenvalue weighted by atomic mass is 9.94. The number of piperidine rings is 1. The van der Waals surface area contributed by atoms with Crippen LogP contribution in [0.4, 0.5) is 0 Å². The number of morpholine rings is 1. The summed E-state index contributed by atoms with van der Waals surface area (Å²) in [4.78, 5) is 34.4. The topological polar surface area (TPSA) is 67.7 Å². The number of hydrogen-bond donors (Lipinski definition) is 0. The van der Waals surface area contributed by atoms with Gasteiger partial charge in [0.25, 0.3) is 0 Å². The van der Waals surface area contributed by atoms with Gasteiger partial charge in [0, 0.05) is 50.6 Å². The Bertz CT molecular complexity index is 1110. The molecule has 0 atom stereocenters. The van der Waals surface area contributed by atoms with E-state index in [1.807, 2.05) is 46.2 Å². The van der Waals surface area contributed by atoms with Gasteiger partial charge in [-0.15, -0.1) is 0 Å². The molecular formula is C26H30N4O3. The molecule has 0 radical (unpaired) electrons. The smallest absolute Gasteiger partial charge is 0.225 e. The molecule has 2 aliphatic heterocycles. The molecule has 2 fully saturated rings. The molecule has 2 saturated heterocycles. The molecule has 0 aliphatic carbocycles. The van der Waals surface area contributed by atoms with Gasteiger partial charge in [-0.1, -0.05) is 30.3 Å². The van der Waals surface area contributed by atoms with E-state index in [1.165, 1.54) is 0 Å². The zero-order valence-electron chi connectivity index (χ0n) is 18.9. The summed E-state index contributed by atoms with van der Waals surface area (Å²) in [5.41, 5.74) is 3.04. The molecule has 0 spiro atoms. The van der Waals surface area contributed by atoms with Crippen LogP contribution in [-0.4, -0.2) is 70.6 Å². The summed E-state index contributed by atoms with van der Waals surface area (Å²) in [7, 11) is 0. The second-order valence-corrected chi connectivity index (χ2v) is 8.78. The highest BCUT2D eigenvalue weighted by atomic mass is 16.5. The number of amides is 2. The van der Waals surface area contributed by atoms with Gasteiger partial charge in [-0.3, -0.25) is 14.2 Å². The molecule has 33 heavy (non-hydrogen) atoms. The Morgan fingerprint density at radius 3 is 2.33 bits per heavy atom. The molecule has 7 nitrogen and oxygen atoms in total. The van der Waals surface area contributed by atoms with Crippen molar-refractivity contribution in [2.75, 3.05) is 39.4 Å². The molecule has 1 aromatic heterocycles. The van der Waals surface area contributed by atoms with E-state index in [-0.39, 0.29) is 17.7 Å². The van der Waals surface area contributed by atoms with Crippen LogP contribution in [0.25, 0.3) is 16.7 Å². The summed E-state index contributed by atoms with van der Waals surface area (Å²) in [5, 5.41) is 0. The molecule has 3 heterocycles. The average Bonchev–Trinajstić information content (AvgIpc) is 3.26. The van der Waals surface area contributed by atoms with Crippen molar-refractivity contribution in [3.63, 3.8) is 0 Å². The Labute approximate surface area is 193 Å². The standard InChI is InChI=1S/C26H30N4O3/c31-25(28-14-12-20(13-15-28)26(32)29-16-18-33-19-17-29)11-10-24-27-22-8-4-5-9-23(22)30(24)21-6-2-1-3-7-21/h1-9,20H,10-19H2. The molecule has 7 heteroatoms. The van der Waals surface area contributed by atoms with Crippen LogP contribution < -0.4 is 0 Å². The van der Waals surface area contributed by atoms with Gasteiger partial charge in [-0.2, -0.15) is 0 Å². The average molecular weight is 447 g/mol. The Morgan fingerprint density at radius 1 is 0.879 bits per heavy atom. The fraction of sp³-hybridized carbons (Fsp3) is 0.423. The quantitative estimate of drug-likeness (QED) is 0.604. The number of ether oxygens (including phenoxy) is 1. The van der Waals surface area contributed by atoms with Crippen LogP contribution in [0.5, 0.6) is 0 Å². The minimum Gasteiger partial charge on any atom is -0.378 e. The van der Waals surface area contributed by atoms with Crippen molar-refractivity contribution in [1.29, 1.82) is 0 Å². The first-order chi connectivity index (χ1) is 16.2. The van der Waals surface area contributed by atoms with Gasteiger partial charge in [0.2, 0.25) is 11.8 Å². The molecule has 5 rings (SSSR count). The Hall–Kier alpha value is -3.19. The SMILES string of the molecule is O=C(CCc1nc2ccccc2n1-c1ccccc1)N1CCC(C(=O)N2CCOCC2)CC1. The second kappa shape index (κ2) is 9.75. The Balaban J connectivity index is 1.22. The van der Waals surface area contributed by atoms with Crippen LogP contribution in [0.2, 0.25) is 0 Å². The number of nitrogens with zero attached hydrogens (tertiary/aromatic N) is 4. The minimum atomic E-state index is 0.0226. The number of rotatable bonds is 5. The van der Waals surface area contributed by atoms with Gasteiger partial charge in [0.1, 0.15) is 5.82 Å². The van der Waals surface area contributed by atoms with Gasteiger partial charge in [-0.25, -0.2) is 4.98 Å². The van der Waals surface area contributed by atoms with Gasteiger partial charge in [0.15, 0.2) is 0 Å². The molecule has 0 saturated carbocycles. The van der Waals surface area contributed by atoms with Gasteiger partial charge in [0.05, 0.1) is 24.2 Å². The lowest BCUT2D eigenvalue weighted by Crippen LogP contribution is -2.47. The molecule has 172 valence electrons. The van der Waals surface area contributed by atoms with Crippen molar-refractivity contribution < 1.29 is 14.3 Å². The molecule has 2 aromatic carbocycles. The van der Waals surface area contributed by atoms with Crippen LogP contribution in [-0.2, 0) is 20.7 Å². The fourth-order valence-corrected chi connectivity index (χ4v) is 4.90. The normalized spacial score (nSPS) is 17.5. The first-order valence-corrected chi connectivity index (χ1v) is 11.9. The monoisotopic (exact) mass is 446 g/mol. The predicted octanol–water partition coefficient (Wildman–Crippen LogP) is 3.06. The number of carbonyl (C=O) groups excluding carboxylic acids is 2. The van der Waals surface area contributed by atoms with E-state index in [0.717, 1.165) is 35.4 Å². The van der Waals surface area contributed by atoms with E-state index in [2.05, 4.69) is 22.8 Å². The van der Waals surface area contributed by atoms with Crippen LogP contribution >= 0.6 is 0 Å². The Morgan fingerprint density at radius 2 is 1.58 bits per heavy atom. The maximum absolute atomic E-state index is 13.0. The van der Waals surface area contributed by atoms with Gasteiger partial charge >= 0.3 is 0 Å². The van der Waals surface area contributed by atoms with Gasteiger partial charge in [-0.05, 0) is 37.1 Å². The summed E-state index contributed by atoms with van der Waals surface area (Å²) in [6, 6.07) is 18.2. The van der Waals surface area contributed by atoms with Crippen molar-refractivity contribution in [1.82, 2.24) is 19.4 Å².